The van der Waals surface area contributed by atoms with Crippen molar-refractivity contribution in [3.8, 4) is 28.7 Å². The van der Waals surface area contributed by atoms with Crippen LogP contribution < -0.4 is 14.2 Å². The van der Waals surface area contributed by atoms with Crippen LogP contribution in [0.1, 0.15) is 39.6 Å². The average molecular weight is 492 g/mol. The normalized spacial score (nSPS) is 28.3. The summed E-state index contributed by atoms with van der Waals surface area (Å²) in [7, 11) is 1.46. The van der Waals surface area contributed by atoms with Gasteiger partial charge in [0.2, 0.25) is 6.29 Å². The fourth-order valence-corrected chi connectivity index (χ4v) is 4.38. The number of phenolic OH excluding ortho intramolecular Hbond substituents is 2. The predicted molar refractivity (Wildman–Crippen MR) is 119 cm³/mol. The van der Waals surface area contributed by atoms with Gasteiger partial charge in [-0.05, 0) is 32.0 Å². The first kappa shape index (κ1) is 25.0. The van der Waals surface area contributed by atoms with Crippen molar-refractivity contribution >= 4 is 5.78 Å². The minimum absolute atomic E-state index is 0.0221. The number of methoxy groups -OCH3 is 1. The van der Waals surface area contributed by atoms with Crippen LogP contribution in [0, 0.1) is 13.8 Å². The van der Waals surface area contributed by atoms with E-state index in [9.17, 15) is 35.4 Å². The second kappa shape index (κ2) is 9.51. The Morgan fingerprint density at radius 2 is 1.77 bits per heavy atom. The van der Waals surface area contributed by atoms with Gasteiger partial charge in [0.15, 0.2) is 5.78 Å². The van der Waals surface area contributed by atoms with E-state index in [0.717, 1.165) is 0 Å². The molecular formula is C24H28O11. The first-order valence-corrected chi connectivity index (χ1v) is 11.0. The number of fused-ring (bicyclic) bond motifs is 1. The van der Waals surface area contributed by atoms with Gasteiger partial charge in [-0.1, -0.05) is 0 Å². The summed E-state index contributed by atoms with van der Waals surface area (Å²) in [6, 6.07) is 4.53. The number of hydrogen-bond donors (Lipinski definition) is 6. The van der Waals surface area contributed by atoms with Gasteiger partial charge in [0.1, 0.15) is 64.8 Å². The predicted octanol–water partition coefficient (Wildman–Crippen LogP) is 0.608. The van der Waals surface area contributed by atoms with Crippen LogP contribution in [0.4, 0.5) is 0 Å². The summed E-state index contributed by atoms with van der Waals surface area (Å²) in [5.41, 5.74) is 0.740. The van der Waals surface area contributed by atoms with Gasteiger partial charge in [0.25, 0.3) is 0 Å². The fraction of sp³-hybridized carbons (Fsp3) is 0.458. The Kier molecular flexibility index (Phi) is 6.80. The van der Waals surface area contributed by atoms with E-state index < -0.39 is 49.2 Å². The molecule has 11 heteroatoms. The second-order valence-corrected chi connectivity index (χ2v) is 8.61. The van der Waals surface area contributed by atoms with Crippen LogP contribution in [0.2, 0.25) is 0 Å². The van der Waals surface area contributed by atoms with Crippen LogP contribution in [0.5, 0.6) is 28.7 Å². The van der Waals surface area contributed by atoms with E-state index >= 15 is 0 Å². The average Bonchev–Trinajstić information content (AvgIpc) is 2.85. The Balaban J connectivity index is 1.73. The van der Waals surface area contributed by atoms with Gasteiger partial charge < -0.3 is 49.6 Å². The molecule has 0 radical (unpaired) electrons. The molecule has 0 amide bonds. The zero-order valence-corrected chi connectivity index (χ0v) is 19.3. The Bertz CT molecular complexity index is 1130. The Hall–Kier alpha value is -3.09. The fourth-order valence-electron chi connectivity index (χ4n) is 4.38. The van der Waals surface area contributed by atoms with E-state index in [2.05, 4.69) is 0 Å². The van der Waals surface area contributed by atoms with Crippen LogP contribution in [-0.2, 0) is 4.74 Å². The number of carbonyl (C=O) groups excluding carboxylic acids is 1. The summed E-state index contributed by atoms with van der Waals surface area (Å²) in [6.07, 6.45) is -8.61. The van der Waals surface area contributed by atoms with Crippen LogP contribution >= 0.6 is 0 Å². The molecule has 6 N–H and O–H groups in total. The van der Waals surface area contributed by atoms with Crippen LogP contribution in [0.3, 0.4) is 0 Å². The quantitative estimate of drug-likeness (QED) is 0.345. The molecule has 190 valence electrons. The van der Waals surface area contributed by atoms with Crippen molar-refractivity contribution in [2.45, 2.75) is 57.1 Å². The summed E-state index contributed by atoms with van der Waals surface area (Å²) in [4.78, 5) is 13.0. The highest BCUT2D eigenvalue weighted by atomic mass is 16.7. The van der Waals surface area contributed by atoms with E-state index in [1.807, 2.05) is 0 Å². The van der Waals surface area contributed by atoms with E-state index in [-0.39, 0.29) is 40.5 Å². The van der Waals surface area contributed by atoms with Crippen molar-refractivity contribution in [3.05, 3.63) is 40.5 Å². The number of aliphatic hydroxyl groups is 4. The third-order valence-corrected chi connectivity index (χ3v) is 6.41. The molecule has 5 unspecified atom stereocenters. The largest absolute Gasteiger partial charge is 0.508 e. The Labute approximate surface area is 200 Å². The number of phenols is 2. The molecule has 1 saturated heterocycles. The smallest absolute Gasteiger partial charge is 0.229 e. The molecule has 2 aromatic carbocycles. The number of ether oxygens (including phenoxy) is 4. The van der Waals surface area contributed by atoms with Crippen molar-refractivity contribution in [2.24, 2.45) is 0 Å². The lowest BCUT2D eigenvalue weighted by Crippen LogP contribution is -2.60. The monoisotopic (exact) mass is 492 g/mol. The molecule has 2 heterocycles. The van der Waals surface area contributed by atoms with Crippen molar-refractivity contribution in [1.82, 2.24) is 0 Å². The summed E-state index contributed by atoms with van der Waals surface area (Å²) in [6.45, 7) is 2.43. The minimum atomic E-state index is -1.67. The van der Waals surface area contributed by atoms with Gasteiger partial charge in [-0.2, -0.15) is 0 Å². The number of Topliss-reactive ketones (excluding diaryl/α,β-unsaturated/α-hetero) is 1. The van der Waals surface area contributed by atoms with E-state index in [0.29, 0.717) is 16.9 Å². The lowest BCUT2D eigenvalue weighted by atomic mass is 9.91. The van der Waals surface area contributed by atoms with Gasteiger partial charge in [0, 0.05) is 16.7 Å². The summed E-state index contributed by atoms with van der Waals surface area (Å²) < 4.78 is 22.5. The van der Waals surface area contributed by atoms with Crippen LogP contribution in [0.25, 0.3) is 0 Å². The van der Waals surface area contributed by atoms with Gasteiger partial charge in [-0.3, -0.25) is 4.79 Å². The molecule has 0 spiro atoms. The van der Waals surface area contributed by atoms with Crippen LogP contribution in [-0.4, -0.2) is 80.8 Å². The molecule has 0 aliphatic carbocycles. The molecule has 2 aliphatic heterocycles. The Morgan fingerprint density at radius 3 is 2.43 bits per heavy atom. The lowest BCUT2D eigenvalue weighted by Gasteiger charge is -2.40. The van der Waals surface area contributed by atoms with Gasteiger partial charge in [-0.25, -0.2) is 0 Å². The lowest BCUT2D eigenvalue weighted by molar-refractivity contribution is -0.277. The highest BCUT2D eigenvalue weighted by molar-refractivity contribution is 6.04. The highest BCUT2D eigenvalue weighted by Gasteiger charge is 2.45. The molecular weight excluding hydrogens is 464 g/mol. The van der Waals surface area contributed by atoms with Crippen LogP contribution in [0.15, 0.2) is 18.2 Å². The topological polar surface area (TPSA) is 175 Å². The first-order chi connectivity index (χ1) is 16.6. The highest BCUT2D eigenvalue weighted by Crippen LogP contribution is 2.49. The van der Waals surface area contributed by atoms with E-state index in [1.165, 1.54) is 20.1 Å². The zero-order valence-electron chi connectivity index (χ0n) is 19.3. The third-order valence-electron chi connectivity index (χ3n) is 6.41. The zero-order chi connectivity index (χ0) is 25.6. The van der Waals surface area contributed by atoms with Crippen molar-refractivity contribution in [2.75, 3.05) is 13.7 Å². The molecule has 6 atom stereocenters. The minimum Gasteiger partial charge on any atom is -0.508 e. The molecule has 2 aliphatic rings. The van der Waals surface area contributed by atoms with Gasteiger partial charge in [-0.15, -0.1) is 0 Å². The van der Waals surface area contributed by atoms with Crippen molar-refractivity contribution < 1.29 is 54.4 Å². The summed E-state index contributed by atoms with van der Waals surface area (Å²) in [5.74, 6) is -0.399. The van der Waals surface area contributed by atoms with E-state index in [4.69, 9.17) is 18.9 Å². The number of hydrogen-bond acceptors (Lipinski definition) is 11. The van der Waals surface area contributed by atoms with Crippen molar-refractivity contribution in [3.63, 3.8) is 0 Å². The summed E-state index contributed by atoms with van der Waals surface area (Å²) >= 11 is 0. The number of aliphatic hydroxyl groups excluding tert-OH is 4. The number of aromatic hydroxyl groups is 2. The number of carbonyl (C=O) groups is 1. The first-order valence-electron chi connectivity index (χ1n) is 11.0. The SMILES string of the molecule is COc1ccc(O)c([C@@H]2CC(=O)c3c(O)c(C)c(OC4OC(CO)C(O)C(O)C4O)c(C)c3O2)c1. The third kappa shape index (κ3) is 4.26. The Morgan fingerprint density at radius 1 is 1.06 bits per heavy atom. The second-order valence-electron chi connectivity index (χ2n) is 8.61. The maximum absolute atomic E-state index is 13.0. The molecule has 1 fully saturated rings. The molecule has 4 rings (SSSR count). The summed E-state index contributed by atoms with van der Waals surface area (Å²) in [5, 5.41) is 61.0. The molecule has 0 saturated carbocycles. The number of ketones is 1. The van der Waals surface area contributed by atoms with Crippen molar-refractivity contribution in [1.29, 1.82) is 0 Å². The molecule has 0 aromatic heterocycles. The molecule has 11 nitrogen and oxygen atoms in total. The van der Waals surface area contributed by atoms with Gasteiger partial charge >= 0.3 is 0 Å². The maximum Gasteiger partial charge on any atom is 0.229 e. The molecule has 2 aromatic rings. The number of rotatable bonds is 5. The number of benzene rings is 2. The molecule has 35 heavy (non-hydrogen) atoms. The van der Waals surface area contributed by atoms with E-state index in [1.54, 1.807) is 19.1 Å². The maximum atomic E-state index is 13.0. The van der Waals surface area contributed by atoms with Gasteiger partial charge in [0.05, 0.1) is 20.1 Å². The standard InChI is InChI=1S/C24H28O11/c1-9-18(28)17-14(27)7-15(12-6-11(32-3)4-5-13(12)26)33-23(17)10(2)22(9)35-24-21(31)20(30)19(29)16(8-25)34-24/h4-6,15-16,19-21,24-26,28-31H,7-8H2,1-3H3/t15-,16?,19?,20?,21?,24?/m0/s1. The molecule has 0 bridgehead atoms.